The standard InChI is InChI=1S/C15H21NO3/c1-2-3-6-14(17)16-13-10-8-12(9-11-13)5-4-7-15(18)19/h8-11H,2-7H2,1H3,(H,16,17)(H,18,19). The molecule has 0 aliphatic carbocycles. The van der Waals surface area contributed by atoms with Gasteiger partial charge in [-0.1, -0.05) is 25.5 Å². The van der Waals surface area contributed by atoms with Crippen LogP contribution in [0.2, 0.25) is 0 Å². The van der Waals surface area contributed by atoms with E-state index in [4.69, 9.17) is 5.11 Å². The van der Waals surface area contributed by atoms with Crippen molar-refractivity contribution in [3.05, 3.63) is 29.8 Å². The van der Waals surface area contributed by atoms with Crippen LogP contribution in [0.4, 0.5) is 5.69 Å². The average Bonchev–Trinajstić information content (AvgIpc) is 2.38. The van der Waals surface area contributed by atoms with E-state index < -0.39 is 5.97 Å². The molecule has 0 fully saturated rings. The van der Waals surface area contributed by atoms with Crippen molar-refractivity contribution in [3.63, 3.8) is 0 Å². The quantitative estimate of drug-likeness (QED) is 0.756. The molecular weight excluding hydrogens is 242 g/mol. The molecule has 1 aromatic carbocycles. The van der Waals surface area contributed by atoms with E-state index in [1.165, 1.54) is 0 Å². The van der Waals surface area contributed by atoms with Crippen molar-refractivity contribution in [1.82, 2.24) is 0 Å². The van der Waals surface area contributed by atoms with Gasteiger partial charge in [-0.15, -0.1) is 0 Å². The van der Waals surface area contributed by atoms with Gasteiger partial charge in [0, 0.05) is 18.5 Å². The summed E-state index contributed by atoms with van der Waals surface area (Å²) >= 11 is 0. The molecule has 1 aromatic rings. The maximum Gasteiger partial charge on any atom is 0.303 e. The van der Waals surface area contributed by atoms with Gasteiger partial charge in [0.1, 0.15) is 0 Å². The van der Waals surface area contributed by atoms with Crippen LogP contribution < -0.4 is 5.32 Å². The number of benzene rings is 1. The molecule has 4 heteroatoms. The summed E-state index contributed by atoms with van der Waals surface area (Å²) in [5.41, 5.74) is 1.89. The zero-order chi connectivity index (χ0) is 14.1. The zero-order valence-corrected chi connectivity index (χ0v) is 11.3. The number of carboxylic acids is 1. The number of anilines is 1. The van der Waals surface area contributed by atoms with Crippen molar-refractivity contribution in [2.45, 2.75) is 45.4 Å². The molecule has 0 radical (unpaired) electrons. The molecule has 19 heavy (non-hydrogen) atoms. The molecule has 0 heterocycles. The van der Waals surface area contributed by atoms with Gasteiger partial charge in [-0.3, -0.25) is 9.59 Å². The normalized spacial score (nSPS) is 10.2. The highest BCUT2D eigenvalue weighted by atomic mass is 16.4. The molecule has 0 unspecified atom stereocenters. The highest BCUT2D eigenvalue weighted by Gasteiger charge is 2.02. The van der Waals surface area contributed by atoms with Crippen LogP contribution in [-0.2, 0) is 16.0 Å². The molecule has 0 atom stereocenters. The number of carboxylic acid groups (broad SMARTS) is 1. The van der Waals surface area contributed by atoms with Gasteiger partial charge in [0.2, 0.25) is 5.91 Å². The van der Waals surface area contributed by atoms with Crippen molar-refractivity contribution in [3.8, 4) is 0 Å². The third-order valence-electron chi connectivity index (χ3n) is 2.85. The Labute approximate surface area is 113 Å². The highest BCUT2D eigenvalue weighted by molar-refractivity contribution is 5.90. The predicted molar refractivity (Wildman–Crippen MR) is 75.2 cm³/mol. The van der Waals surface area contributed by atoms with Gasteiger partial charge in [-0.2, -0.15) is 0 Å². The van der Waals surface area contributed by atoms with Crippen molar-refractivity contribution in [1.29, 1.82) is 0 Å². The summed E-state index contributed by atoms with van der Waals surface area (Å²) in [5, 5.41) is 11.4. The second kappa shape index (κ2) is 8.29. The van der Waals surface area contributed by atoms with Crippen LogP contribution in [0.3, 0.4) is 0 Å². The Morgan fingerprint density at radius 1 is 1.11 bits per heavy atom. The van der Waals surface area contributed by atoms with E-state index >= 15 is 0 Å². The van der Waals surface area contributed by atoms with E-state index in [0.29, 0.717) is 12.8 Å². The maximum atomic E-state index is 11.5. The minimum absolute atomic E-state index is 0.0421. The SMILES string of the molecule is CCCCC(=O)Nc1ccc(CCCC(=O)O)cc1. The van der Waals surface area contributed by atoms with E-state index in [1.54, 1.807) is 0 Å². The van der Waals surface area contributed by atoms with Gasteiger partial charge in [-0.05, 0) is 37.0 Å². The fraction of sp³-hybridized carbons (Fsp3) is 0.467. The number of hydrogen-bond acceptors (Lipinski definition) is 2. The Hall–Kier alpha value is -1.84. The number of hydrogen-bond donors (Lipinski definition) is 2. The number of unbranched alkanes of at least 4 members (excludes halogenated alkanes) is 1. The monoisotopic (exact) mass is 263 g/mol. The number of aryl methyl sites for hydroxylation is 1. The minimum Gasteiger partial charge on any atom is -0.481 e. The molecular formula is C15H21NO3. The molecule has 0 saturated carbocycles. The fourth-order valence-electron chi connectivity index (χ4n) is 1.76. The Balaban J connectivity index is 2.38. The van der Waals surface area contributed by atoms with E-state index in [9.17, 15) is 9.59 Å². The van der Waals surface area contributed by atoms with Gasteiger partial charge < -0.3 is 10.4 Å². The van der Waals surface area contributed by atoms with Gasteiger partial charge in [-0.25, -0.2) is 0 Å². The Morgan fingerprint density at radius 3 is 2.37 bits per heavy atom. The van der Waals surface area contributed by atoms with E-state index in [0.717, 1.165) is 30.5 Å². The third-order valence-corrected chi connectivity index (χ3v) is 2.85. The van der Waals surface area contributed by atoms with Crippen LogP contribution >= 0.6 is 0 Å². The summed E-state index contributed by atoms with van der Waals surface area (Å²) in [6, 6.07) is 7.58. The number of rotatable bonds is 8. The molecule has 0 saturated heterocycles. The molecule has 0 aliphatic rings. The number of carbonyl (C=O) groups excluding carboxylic acids is 1. The lowest BCUT2D eigenvalue weighted by Crippen LogP contribution is -2.10. The summed E-state index contributed by atoms with van der Waals surface area (Å²) in [6.07, 6.45) is 4.04. The minimum atomic E-state index is -0.764. The number of nitrogens with one attached hydrogen (secondary N) is 1. The molecule has 104 valence electrons. The largest absolute Gasteiger partial charge is 0.481 e. The lowest BCUT2D eigenvalue weighted by molar-refractivity contribution is -0.137. The Bertz CT molecular complexity index is 412. The Kier molecular flexibility index (Phi) is 6.64. The number of carbonyl (C=O) groups is 2. The van der Waals surface area contributed by atoms with E-state index in [1.807, 2.05) is 24.3 Å². The highest BCUT2D eigenvalue weighted by Crippen LogP contribution is 2.12. The van der Waals surface area contributed by atoms with Gasteiger partial charge in [0.15, 0.2) is 0 Å². The average molecular weight is 263 g/mol. The first-order chi connectivity index (χ1) is 9.11. The second-order valence-electron chi connectivity index (χ2n) is 4.60. The molecule has 4 nitrogen and oxygen atoms in total. The lowest BCUT2D eigenvalue weighted by Gasteiger charge is -2.06. The topological polar surface area (TPSA) is 66.4 Å². The third kappa shape index (κ3) is 6.60. The van der Waals surface area contributed by atoms with Crippen molar-refractivity contribution in [2.75, 3.05) is 5.32 Å². The van der Waals surface area contributed by atoms with E-state index in [2.05, 4.69) is 12.2 Å². The van der Waals surface area contributed by atoms with Crippen LogP contribution in [0, 0.1) is 0 Å². The molecule has 0 aliphatic heterocycles. The second-order valence-corrected chi connectivity index (χ2v) is 4.60. The molecule has 1 amide bonds. The molecule has 0 bridgehead atoms. The zero-order valence-electron chi connectivity index (χ0n) is 11.3. The Morgan fingerprint density at radius 2 is 1.79 bits per heavy atom. The van der Waals surface area contributed by atoms with Crippen molar-refractivity contribution >= 4 is 17.6 Å². The van der Waals surface area contributed by atoms with Crippen LogP contribution in [0.1, 0.15) is 44.6 Å². The van der Waals surface area contributed by atoms with Gasteiger partial charge in [0.25, 0.3) is 0 Å². The lowest BCUT2D eigenvalue weighted by atomic mass is 10.1. The van der Waals surface area contributed by atoms with Crippen molar-refractivity contribution in [2.24, 2.45) is 0 Å². The number of amides is 1. The van der Waals surface area contributed by atoms with Crippen LogP contribution in [0.25, 0.3) is 0 Å². The summed E-state index contributed by atoms with van der Waals surface area (Å²) < 4.78 is 0. The number of aliphatic carboxylic acids is 1. The van der Waals surface area contributed by atoms with Crippen LogP contribution in [-0.4, -0.2) is 17.0 Å². The van der Waals surface area contributed by atoms with Gasteiger partial charge in [0.05, 0.1) is 0 Å². The first-order valence-electron chi connectivity index (χ1n) is 6.72. The summed E-state index contributed by atoms with van der Waals surface area (Å²) in [4.78, 5) is 21.9. The van der Waals surface area contributed by atoms with Crippen LogP contribution in [0.5, 0.6) is 0 Å². The predicted octanol–water partition coefficient (Wildman–Crippen LogP) is 3.22. The summed E-state index contributed by atoms with van der Waals surface area (Å²) in [7, 11) is 0. The molecule has 0 spiro atoms. The summed E-state index contributed by atoms with van der Waals surface area (Å²) in [6.45, 7) is 2.05. The summed E-state index contributed by atoms with van der Waals surface area (Å²) in [5.74, 6) is -0.722. The van der Waals surface area contributed by atoms with E-state index in [-0.39, 0.29) is 12.3 Å². The first-order valence-corrected chi connectivity index (χ1v) is 6.72. The maximum absolute atomic E-state index is 11.5. The molecule has 1 rings (SSSR count). The smallest absolute Gasteiger partial charge is 0.303 e. The fourth-order valence-corrected chi connectivity index (χ4v) is 1.76. The van der Waals surface area contributed by atoms with Gasteiger partial charge >= 0.3 is 5.97 Å². The first kappa shape index (κ1) is 15.2. The molecule has 2 N–H and O–H groups in total. The van der Waals surface area contributed by atoms with Crippen LogP contribution in [0.15, 0.2) is 24.3 Å². The molecule has 0 aromatic heterocycles. The van der Waals surface area contributed by atoms with Crippen molar-refractivity contribution < 1.29 is 14.7 Å².